The van der Waals surface area contributed by atoms with Crippen LogP contribution in [-0.4, -0.2) is 42.7 Å². The second-order valence-electron chi connectivity index (χ2n) is 7.14. The van der Waals surface area contributed by atoms with Crippen LogP contribution in [0, 0.1) is 0 Å². The van der Waals surface area contributed by atoms with Crippen molar-refractivity contribution in [1.82, 2.24) is 0 Å². The van der Waals surface area contributed by atoms with Crippen LogP contribution >= 0.6 is 23.5 Å². The molecule has 0 heterocycles. The Morgan fingerprint density at radius 1 is 0.700 bits per heavy atom. The van der Waals surface area contributed by atoms with Gasteiger partial charge in [0, 0.05) is 21.2 Å². The number of esters is 2. The highest BCUT2D eigenvalue weighted by atomic mass is 32.2. The van der Waals surface area contributed by atoms with Gasteiger partial charge in [0.25, 0.3) is 0 Å². The molecule has 162 valence electrons. The number of hydrogen-bond acceptors (Lipinski definition) is 7. The molecule has 0 bridgehead atoms. The zero-order valence-electron chi connectivity index (χ0n) is 18.2. The predicted octanol–water partition coefficient (Wildman–Crippen LogP) is 5.54. The zero-order chi connectivity index (χ0) is 22.3. The van der Waals surface area contributed by atoms with Crippen LogP contribution in [0.4, 0.5) is 11.4 Å². The molecule has 0 radical (unpaired) electrons. The molecule has 0 N–H and O–H groups in total. The Balaban J connectivity index is 2.59. The zero-order valence-corrected chi connectivity index (χ0v) is 19.9. The Bertz CT molecular complexity index is 766. The quantitative estimate of drug-likeness (QED) is 0.284. The van der Waals surface area contributed by atoms with Gasteiger partial charge in [-0.1, -0.05) is 0 Å². The average Bonchev–Trinajstić information content (AvgIpc) is 2.71. The van der Waals surface area contributed by atoms with E-state index in [1.807, 2.05) is 61.0 Å². The third-order valence-electron chi connectivity index (χ3n) is 4.11. The van der Waals surface area contributed by atoms with Gasteiger partial charge in [-0.2, -0.15) is 0 Å². The molecule has 30 heavy (non-hydrogen) atoms. The maximum atomic E-state index is 13.0. The van der Waals surface area contributed by atoms with E-state index in [1.165, 1.54) is 0 Å². The topological polar surface area (TPSA) is 55.8 Å². The fraction of sp³-hybridized carbons (Fsp3) is 0.391. The number of anilines is 2. The molecule has 5 nitrogen and oxygen atoms in total. The number of nitrogens with zero attached hydrogens (tertiary/aromatic N) is 1. The molecule has 7 heteroatoms. The lowest BCUT2D eigenvalue weighted by Gasteiger charge is -2.32. The highest BCUT2D eigenvalue weighted by Crippen LogP contribution is 2.32. The maximum absolute atomic E-state index is 13.0. The Morgan fingerprint density at radius 2 is 1.03 bits per heavy atom. The van der Waals surface area contributed by atoms with Crippen LogP contribution in [0.3, 0.4) is 0 Å². The molecular weight excluding hydrogens is 418 g/mol. The van der Waals surface area contributed by atoms with Gasteiger partial charge in [-0.15, -0.1) is 23.5 Å². The fourth-order valence-corrected chi connectivity index (χ4v) is 3.65. The van der Waals surface area contributed by atoms with Crippen LogP contribution < -0.4 is 4.90 Å². The molecule has 2 rings (SSSR count). The Labute approximate surface area is 187 Å². The first-order valence-corrected chi connectivity index (χ1v) is 12.2. The van der Waals surface area contributed by atoms with Gasteiger partial charge in [-0.25, -0.2) is 9.59 Å². The average molecular weight is 448 g/mol. The van der Waals surface area contributed by atoms with Crippen molar-refractivity contribution in [2.45, 2.75) is 55.7 Å². The van der Waals surface area contributed by atoms with E-state index in [9.17, 15) is 9.59 Å². The van der Waals surface area contributed by atoms with Gasteiger partial charge < -0.3 is 14.4 Å². The molecule has 0 aliphatic rings. The van der Waals surface area contributed by atoms with E-state index in [1.54, 1.807) is 56.1 Å². The molecule has 0 saturated heterocycles. The van der Waals surface area contributed by atoms with Gasteiger partial charge in [0.1, 0.15) is 0 Å². The molecule has 0 aromatic heterocycles. The number of rotatable bonds is 9. The molecular formula is C23H29NO4S2. The summed E-state index contributed by atoms with van der Waals surface area (Å²) >= 11 is 3.25. The lowest BCUT2D eigenvalue weighted by atomic mass is 10.1. The van der Waals surface area contributed by atoms with Crippen molar-refractivity contribution in [2.75, 3.05) is 17.4 Å². The summed E-state index contributed by atoms with van der Waals surface area (Å²) in [7, 11) is 0. The fourth-order valence-electron chi connectivity index (χ4n) is 2.83. The third-order valence-corrected chi connectivity index (χ3v) is 5.60. The summed E-state index contributed by atoms with van der Waals surface area (Å²) in [5.74, 6) is -1.28. The monoisotopic (exact) mass is 447 g/mol. The number of thioether (sulfide) groups is 2. The second-order valence-corrected chi connectivity index (χ2v) is 8.90. The largest absolute Gasteiger partial charge is 0.461 e. The van der Waals surface area contributed by atoms with Crippen LogP contribution in [-0.2, 0) is 19.1 Å². The molecule has 2 aromatic carbocycles. The first kappa shape index (κ1) is 24.2. The summed E-state index contributed by atoms with van der Waals surface area (Å²) in [6.45, 7) is 7.03. The molecule has 2 aromatic rings. The highest BCUT2D eigenvalue weighted by Gasteiger charge is 2.38. The van der Waals surface area contributed by atoms with E-state index in [-0.39, 0.29) is 12.2 Å². The van der Waals surface area contributed by atoms with Gasteiger partial charge in [0.2, 0.25) is 6.04 Å². The summed E-state index contributed by atoms with van der Waals surface area (Å²) in [6.07, 6.45) is 3.28. The van der Waals surface area contributed by atoms with E-state index >= 15 is 0 Å². The van der Waals surface area contributed by atoms with Gasteiger partial charge in [0.15, 0.2) is 0 Å². The van der Waals surface area contributed by atoms with E-state index < -0.39 is 18.0 Å². The van der Waals surface area contributed by atoms with Crippen LogP contribution in [0.5, 0.6) is 0 Å². The third kappa shape index (κ3) is 6.44. The first-order valence-electron chi connectivity index (χ1n) is 9.75. The summed E-state index contributed by atoms with van der Waals surface area (Å²) in [4.78, 5) is 29.9. The molecule has 0 amide bonds. The minimum absolute atomic E-state index is 0.355. The van der Waals surface area contributed by atoms with E-state index in [2.05, 4.69) is 0 Å². The smallest absolute Gasteiger partial charge is 0.341 e. The van der Waals surface area contributed by atoms with Crippen molar-refractivity contribution in [3.05, 3.63) is 48.5 Å². The standard InChI is InChI=1S/C23H29NO4S2/c1-15(2)27-22(25)21(23(26)28-16(3)4)24(17-7-11-19(29-5)12-8-17)18-9-13-20(30-6)14-10-18/h7-16,21H,1-6H3. The van der Waals surface area contributed by atoms with Crippen molar-refractivity contribution in [1.29, 1.82) is 0 Å². The molecule has 0 atom stereocenters. The molecule has 0 saturated carbocycles. The molecule has 0 aliphatic heterocycles. The number of benzene rings is 2. The highest BCUT2D eigenvalue weighted by molar-refractivity contribution is 7.98. The Hall–Kier alpha value is -2.12. The van der Waals surface area contributed by atoms with Crippen molar-refractivity contribution in [2.24, 2.45) is 0 Å². The summed E-state index contributed by atoms with van der Waals surface area (Å²) in [5.41, 5.74) is 1.41. The minimum atomic E-state index is -1.25. The number of carbonyl (C=O) groups excluding carboxylic acids is 2. The molecule has 0 aliphatic carbocycles. The van der Waals surface area contributed by atoms with Gasteiger partial charge in [-0.3, -0.25) is 0 Å². The number of ether oxygens (including phenoxy) is 2. The van der Waals surface area contributed by atoms with Gasteiger partial charge >= 0.3 is 11.9 Å². The van der Waals surface area contributed by atoms with Crippen LogP contribution in [0.25, 0.3) is 0 Å². The van der Waals surface area contributed by atoms with Crippen molar-refractivity contribution in [3.8, 4) is 0 Å². The van der Waals surface area contributed by atoms with Crippen LogP contribution in [0.1, 0.15) is 27.7 Å². The Kier molecular flexibility index (Phi) is 9.11. The molecule has 0 unspecified atom stereocenters. The van der Waals surface area contributed by atoms with Crippen molar-refractivity contribution >= 4 is 46.8 Å². The van der Waals surface area contributed by atoms with E-state index in [4.69, 9.17) is 9.47 Å². The van der Waals surface area contributed by atoms with Crippen molar-refractivity contribution < 1.29 is 19.1 Å². The second kappa shape index (κ2) is 11.3. The summed E-state index contributed by atoms with van der Waals surface area (Å²) in [6, 6.07) is 14.2. The van der Waals surface area contributed by atoms with Gasteiger partial charge in [-0.05, 0) is 88.7 Å². The number of hydrogen-bond donors (Lipinski definition) is 0. The summed E-state index contributed by atoms with van der Waals surface area (Å²) < 4.78 is 10.9. The van der Waals surface area contributed by atoms with E-state index in [0.29, 0.717) is 11.4 Å². The van der Waals surface area contributed by atoms with Crippen LogP contribution in [0.15, 0.2) is 58.3 Å². The SMILES string of the molecule is CSc1ccc(N(c2ccc(SC)cc2)C(C(=O)OC(C)C)C(=O)OC(C)C)cc1. The normalized spacial score (nSPS) is 11.1. The maximum Gasteiger partial charge on any atom is 0.341 e. The lowest BCUT2D eigenvalue weighted by molar-refractivity contribution is -0.160. The van der Waals surface area contributed by atoms with E-state index in [0.717, 1.165) is 9.79 Å². The van der Waals surface area contributed by atoms with Gasteiger partial charge in [0.05, 0.1) is 12.2 Å². The molecule has 0 fully saturated rings. The molecule has 0 spiro atoms. The minimum Gasteiger partial charge on any atom is -0.461 e. The summed E-state index contributed by atoms with van der Waals surface area (Å²) in [5, 5.41) is 0. The lowest BCUT2D eigenvalue weighted by Crippen LogP contribution is -2.47. The van der Waals surface area contributed by atoms with Crippen LogP contribution in [0.2, 0.25) is 0 Å². The predicted molar refractivity (Wildman–Crippen MR) is 125 cm³/mol. The van der Waals surface area contributed by atoms with Crippen molar-refractivity contribution in [3.63, 3.8) is 0 Å². The Morgan fingerprint density at radius 3 is 1.30 bits per heavy atom. The first-order chi connectivity index (χ1) is 14.3. The number of carbonyl (C=O) groups is 2.